The second-order valence-corrected chi connectivity index (χ2v) is 6.29. The van der Waals surface area contributed by atoms with E-state index in [1.54, 1.807) is 6.20 Å². The molecule has 3 rings (SSSR count). The monoisotopic (exact) mass is 291 g/mol. The molecule has 1 heterocycles. The molecule has 4 heteroatoms. The molecule has 0 saturated heterocycles. The number of aryl methyl sites for hydroxylation is 1. The van der Waals surface area contributed by atoms with E-state index in [0.29, 0.717) is 16.5 Å². The Labute approximate surface area is 121 Å². The second-order valence-electron chi connectivity index (χ2n) is 5.08. The fraction of sp³-hybridized carbons (Fsp3) is 0.333. The number of benzene rings is 1. The van der Waals surface area contributed by atoms with Crippen LogP contribution in [0.1, 0.15) is 50.7 Å². The molecule has 1 aliphatic rings. The van der Waals surface area contributed by atoms with E-state index >= 15 is 0 Å². The van der Waals surface area contributed by atoms with E-state index in [2.05, 4.69) is 4.37 Å². The highest BCUT2D eigenvalue weighted by atomic mass is 35.5. The fourth-order valence-corrected chi connectivity index (χ4v) is 3.36. The maximum Gasteiger partial charge on any atom is 0.197 e. The molecule has 1 aliphatic carbocycles. The summed E-state index contributed by atoms with van der Waals surface area (Å²) in [5.74, 6) is 0.542. The van der Waals surface area contributed by atoms with E-state index in [1.807, 2.05) is 26.0 Å². The molecule has 1 fully saturated rings. The van der Waals surface area contributed by atoms with E-state index in [4.69, 9.17) is 11.6 Å². The van der Waals surface area contributed by atoms with Gasteiger partial charge < -0.3 is 0 Å². The van der Waals surface area contributed by atoms with Crippen molar-refractivity contribution < 1.29 is 4.79 Å². The van der Waals surface area contributed by atoms with Crippen LogP contribution in [-0.4, -0.2) is 10.2 Å². The molecule has 0 atom stereocenters. The first kappa shape index (κ1) is 12.8. The molecule has 1 aromatic carbocycles. The van der Waals surface area contributed by atoms with Gasteiger partial charge in [-0.15, -0.1) is 0 Å². The number of carbonyl (C=O) groups is 1. The van der Waals surface area contributed by atoms with Gasteiger partial charge in [-0.05, 0) is 61.3 Å². The van der Waals surface area contributed by atoms with Crippen LogP contribution in [0.15, 0.2) is 18.3 Å². The van der Waals surface area contributed by atoms with Crippen molar-refractivity contribution in [1.82, 2.24) is 4.37 Å². The summed E-state index contributed by atoms with van der Waals surface area (Å²) in [6, 6.07) is 3.77. The summed E-state index contributed by atoms with van der Waals surface area (Å²) in [6.45, 7) is 3.94. The Hall–Kier alpha value is -1.19. The van der Waals surface area contributed by atoms with Crippen molar-refractivity contribution >= 4 is 28.9 Å². The summed E-state index contributed by atoms with van der Waals surface area (Å²) >= 11 is 7.76. The standard InChI is InChI=1S/C15H14ClNOS/c1-8-3-6-11(13(16)9(8)2)14(18)12-7-17-19-15(12)10-4-5-10/h3,6-7,10H,4-5H2,1-2H3. The zero-order valence-corrected chi connectivity index (χ0v) is 12.4. The predicted molar refractivity (Wildman–Crippen MR) is 78.4 cm³/mol. The molecule has 0 spiro atoms. The zero-order valence-electron chi connectivity index (χ0n) is 10.9. The fourth-order valence-electron chi connectivity index (χ4n) is 2.16. The van der Waals surface area contributed by atoms with Crippen LogP contribution in [0.5, 0.6) is 0 Å². The molecular formula is C15H14ClNOS. The molecular weight excluding hydrogens is 278 g/mol. The molecule has 1 aromatic heterocycles. The Morgan fingerprint density at radius 1 is 1.32 bits per heavy atom. The zero-order chi connectivity index (χ0) is 13.6. The normalized spacial score (nSPS) is 14.7. The van der Waals surface area contributed by atoms with E-state index in [1.165, 1.54) is 24.4 Å². The summed E-state index contributed by atoms with van der Waals surface area (Å²) < 4.78 is 4.18. The van der Waals surface area contributed by atoms with Crippen LogP contribution in [0.2, 0.25) is 5.02 Å². The van der Waals surface area contributed by atoms with Crippen molar-refractivity contribution in [3.8, 4) is 0 Å². The first-order valence-electron chi connectivity index (χ1n) is 6.34. The third-order valence-electron chi connectivity index (χ3n) is 3.69. The number of halogens is 1. The highest BCUT2D eigenvalue weighted by Crippen LogP contribution is 2.44. The molecule has 1 saturated carbocycles. The molecule has 98 valence electrons. The third kappa shape index (κ3) is 2.21. The molecule has 0 amide bonds. The van der Waals surface area contributed by atoms with E-state index in [-0.39, 0.29) is 5.78 Å². The van der Waals surface area contributed by atoms with Gasteiger partial charge in [0, 0.05) is 10.4 Å². The van der Waals surface area contributed by atoms with Gasteiger partial charge >= 0.3 is 0 Å². The number of rotatable bonds is 3. The third-order valence-corrected chi connectivity index (χ3v) is 5.14. The minimum atomic E-state index is 0.00347. The van der Waals surface area contributed by atoms with Crippen molar-refractivity contribution in [2.24, 2.45) is 0 Å². The SMILES string of the molecule is Cc1ccc(C(=O)c2cnsc2C2CC2)c(Cl)c1C. The second kappa shape index (κ2) is 4.73. The Morgan fingerprint density at radius 2 is 2.05 bits per heavy atom. The number of hydrogen-bond donors (Lipinski definition) is 0. The summed E-state index contributed by atoms with van der Waals surface area (Å²) in [5, 5.41) is 0.568. The lowest BCUT2D eigenvalue weighted by Gasteiger charge is -2.08. The lowest BCUT2D eigenvalue weighted by Crippen LogP contribution is -2.04. The van der Waals surface area contributed by atoms with Gasteiger partial charge in [-0.2, -0.15) is 0 Å². The van der Waals surface area contributed by atoms with Gasteiger partial charge in [0.05, 0.1) is 16.8 Å². The maximum atomic E-state index is 12.6. The summed E-state index contributed by atoms with van der Waals surface area (Å²) in [5.41, 5.74) is 3.40. The molecule has 0 bridgehead atoms. The highest BCUT2D eigenvalue weighted by molar-refractivity contribution is 7.06. The lowest BCUT2D eigenvalue weighted by atomic mass is 9.99. The molecule has 19 heavy (non-hydrogen) atoms. The van der Waals surface area contributed by atoms with Crippen LogP contribution < -0.4 is 0 Å². The van der Waals surface area contributed by atoms with Gasteiger partial charge in [-0.1, -0.05) is 17.7 Å². The number of aromatic nitrogens is 1. The number of hydrogen-bond acceptors (Lipinski definition) is 3. The van der Waals surface area contributed by atoms with Crippen LogP contribution in [0.3, 0.4) is 0 Å². The number of nitrogens with zero attached hydrogens (tertiary/aromatic N) is 1. The van der Waals surface area contributed by atoms with E-state index < -0.39 is 0 Å². The quantitative estimate of drug-likeness (QED) is 0.778. The van der Waals surface area contributed by atoms with Crippen LogP contribution in [0.25, 0.3) is 0 Å². The van der Waals surface area contributed by atoms with Crippen LogP contribution in [0, 0.1) is 13.8 Å². The summed E-state index contributed by atoms with van der Waals surface area (Å²) in [6.07, 6.45) is 4.03. The molecule has 0 unspecified atom stereocenters. The largest absolute Gasteiger partial charge is 0.288 e. The van der Waals surface area contributed by atoms with E-state index in [0.717, 1.165) is 21.6 Å². The molecule has 2 nitrogen and oxygen atoms in total. The Bertz CT molecular complexity index is 658. The number of carbonyl (C=O) groups excluding carboxylic acids is 1. The van der Waals surface area contributed by atoms with Crippen LogP contribution >= 0.6 is 23.1 Å². The minimum absolute atomic E-state index is 0.00347. The molecule has 0 radical (unpaired) electrons. The summed E-state index contributed by atoms with van der Waals surface area (Å²) in [4.78, 5) is 13.8. The highest BCUT2D eigenvalue weighted by Gasteiger charge is 2.31. The maximum absolute atomic E-state index is 12.6. The van der Waals surface area contributed by atoms with Gasteiger partial charge in [-0.3, -0.25) is 4.79 Å². The Morgan fingerprint density at radius 3 is 2.74 bits per heavy atom. The Kier molecular flexibility index (Phi) is 3.19. The smallest absolute Gasteiger partial charge is 0.197 e. The van der Waals surface area contributed by atoms with Crippen LogP contribution in [-0.2, 0) is 0 Å². The predicted octanol–water partition coefficient (Wildman–Crippen LogP) is 4.52. The average Bonchev–Trinajstić information content (AvgIpc) is 3.13. The van der Waals surface area contributed by atoms with Crippen molar-refractivity contribution in [3.05, 3.63) is 50.5 Å². The number of ketones is 1. The van der Waals surface area contributed by atoms with Crippen LogP contribution in [0.4, 0.5) is 0 Å². The first-order valence-corrected chi connectivity index (χ1v) is 7.49. The average molecular weight is 292 g/mol. The van der Waals surface area contributed by atoms with Crippen molar-refractivity contribution in [2.75, 3.05) is 0 Å². The molecule has 0 aliphatic heterocycles. The van der Waals surface area contributed by atoms with Gasteiger partial charge in [0.15, 0.2) is 5.78 Å². The topological polar surface area (TPSA) is 30.0 Å². The molecule has 0 N–H and O–H groups in total. The van der Waals surface area contributed by atoms with Gasteiger partial charge in [-0.25, -0.2) is 4.37 Å². The van der Waals surface area contributed by atoms with Gasteiger partial charge in [0.1, 0.15) is 0 Å². The Balaban J connectivity index is 2.04. The summed E-state index contributed by atoms with van der Waals surface area (Å²) in [7, 11) is 0. The lowest BCUT2D eigenvalue weighted by molar-refractivity contribution is 0.103. The van der Waals surface area contributed by atoms with Crippen molar-refractivity contribution in [2.45, 2.75) is 32.6 Å². The first-order chi connectivity index (χ1) is 9.09. The molecule has 2 aromatic rings. The van der Waals surface area contributed by atoms with Crippen molar-refractivity contribution in [1.29, 1.82) is 0 Å². The van der Waals surface area contributed by atoms with Gasteiger partial charge in [0.2, 0.25) is 0 Å². The van der Waals surface area contributed by atoms with Gasteiger partial charge in [0.25, 0.3) is 0 Å². The minimum Gasteiger partial charge on any atom is -0.288 e. The van der Waals surface area contributed by atoms with Crippen molar-refractivity contribution in [3.63, 3.8) is 0 Å². The van der Waals surface area contributed by atoms with E-state index in [9.17, 15) is 4.79 Å².